The van der Waals surface area contributed by atoms with E-state index in [9.17, 15) is 13.6 Å². The van der Waals surface area contributed by atoms with Crippen molar-refractivity contribution >= 4 is 40.5 Å². The van der Waals surface area contributed by atoms with Crippen LogP contribution in [0.5, 0.6) is 0 Å². The Morgan fingerprint density at radius 1 is 1.25 bits per heavy atom. The zero-order valence-electron chi connectivity index (χ0n) is 10.4. The smallest absolute Gasteiger partial charge is 0.256 e. The van der Waals surface area contributed by atoms with Gasteiger partial charge in [0.15, 0.2) is 5.11 Å². The molecular weight excluding hydrogens is 306 g/mol. The van der Waals surface area contributed by atoms with Crippen molar-refractivity contribution in [2.75, 3.05) is 11.4 Å². The Morgan fingerprint density at radius 3 is 2.70 bits per heavy atom. The lowest BCUT2D eigenvalue weighted by Gasteiger charge is -2.27. The van der Waals surface area contributed by atoms with Gasteiger partial charge in [0, 0.05) is 12.6 Å². The summed E-state index contributed by atoms with van der Waals surface area (Å²) in [6.45, 7) is 0.670. The highest BCUT2D eigenvalue weighted by atomic mass is 35.5. The van der Waals surface area contributed by atoms with Crippen molar-refractivity contribution in [1.29, 1.82) is 0 Å². The first-order valence-electron chi connectivity index (χ1n) is 6.30. The maximum Gasteiger partial charge on any atom is 0.256 e. The van der Waals surface area contributed by atoms with Crippen molar-refractivity contribution < 1.29 is 13.6 Å². The first-order chi connectivity index (χ1) is 9.50. The Kier molecular flexibility index (Phi) is 3.38. The molecule has 2 saturated heterocycles. The topological polar surface area (TPSA) is 23.6 Å². The summed E-state index contributed by atoms with van der Waals surface area (Å²) in [5.74, 6) is -1.83. The molecule has 0 aromatic heterocycles. The third-order valence-electron chi connectivity index (χ3n) is 3.68. The summed E-state index contributed by atoms with van der Waals surface area (Å²) in [6, 6.07) is 1.43. The molecule has 0 aliphatic carbocycles. The SMILES string of the molecule is O=C1C2CCCCN2C(=S)N1c1cc(F)c(Cl)cc1F. The van der Waals surface area contributed by atoms with E-state index < -0.39 is 11.6 Å². The van der Waals surface area contributed by atoms with Crippen LogP contribution < -0.4 is 4.90 Å². The van der Waals surface area contributed by atoms with Gasteiger partial charge in [-0.1, -0.05) is 11.6 Å². The van der Waals surface area contributed by atoms with Crippen molar-refractivity contribution in [2.45, 2.75) is 25.3 Å². The van der Waals surface area contributed by atoms with E-state index >= 15 is 0 Å². The zero-order valence-corrected chi connectivity index (χ0v) is 12.0. The molecule has 20 heavy (non-hydrogen) atoms. The van der Waals surface area contributed by atoms with Crippen LogP contribution in [-0.2, 0) is 4.79 Å². The number of halogens is 3. The number of carbonyl (C=O) groups excluding carboxylic acids is 1. The number of nitrogens with zero attached hydrogens (tertiary/aromatic N) is 2. The monoisotopic (exact) mass is 316 g/mol. The maximum absolute atomic E-state index is 14.0. The normalized spacial score (nSPS) is 22.4. The molecule has 1 aromatic rings. The highest BCUT2D eigenvalue weighted by Gasteiger charge is 2.44. The fourth-order valence-corrected chi connectivity index (χ4v) is 3.25. The van der Waals surface area contributed by atoms with Crippen LogP contribution in [0.4, 0.5) is 14.5 Å². The van der Waals surface area contributed by atoms with E-state index in [-0.39, 0.29) is 27.8 Å². The van der Waals surface area contributed by atoms with Gasteiger partial charge in [0.05, 0.1) is 10.7 Å². The standard InChI is InChI=1S/C13H11ClF2N2OS/c14-7-5-9(16)11(6-8(7)15)18-12(19)10-3-1-2-4-17(10)13(18)20/h5-6,10H,1-4H2. The first-order valence-corrected chi connectivity index (χ1v) is 7.08. The number of rotatable bonds is 1. The van der Waals surface area contributed by atoms with E-state index in [1.807, 2.05) is 0 Å². The number of fused-ring (bicyclic) bond motifs is 1. The molecule has 1 atom stereocenters. The van der Waals surface area contributed by atoms with Crippen LogP contribution in [0.1, 0.15) is 19.3 Å². The van der Waals surface area contributed by atoms with Gasteiger partial charge in [-0.15, -0.1) is 0 Å². The summed E-state index contributed by atoms with van der Waals surface area (Å²) in [6.07, 6.45) is 2.56. The molecule has 0 spiro atoms. The minimum absolute atomic E-state index is 0.170. The number of carbonyl (C=O) groups is 1. The van der Waals surface area contributed by atoms with Gasteiger partial charge in [-0.25, -0.2) is 8.78 Å². The molecule has 2 fully saturated rings. The highest BCUT2D eigenvalue weighted by Crippen LogP contribution is 2.34. The average Bonchev–Trinajstić information content (AvgIpc) is 2.68. The largest absolute Gasteiger partial charge is 0.336 e. The molecule has 0 N–H and O–H groups in total. The molecule has 0 bridgehead atoms. The third-order valence-corrected chi connectivity index (χ3v) is 4.38. The van der Waals surface area contributed by atoms with Gasteiger partial charge >= 0.3 is 0 Å². The van der Waals surface area contributed by atoms with Crippen molar-refractivity contribution in [1.82, 2.24) is 4.90 Å². The zero-order chi connectivity index (χ0) is 14.4. The van der Waals surface area contributed by atoms with Crippen LogP contribution >= 0.6 is 23.8 Å². The Bertz CT molecular complexity index is 586. The minimum Gasteiger partial charge on any atom is -0.336 e. The number of piperidine rings is 1. The van der Waals surface area contributed by atoms with Gasteiger partial charge in [0.2, 0.25) is 0 Å². The van der Waals surface area contributed by atoms with E-state index in [4.69, 9.17) is 23.8 Å². The van der Waals surface area contributed by atoms with Crippen LogP contribution in [0.3, 0.4) is 0 Å². The second-order valence-corrected chi connectivity index (χ2v) is 5.65. The molecule has 2 heterocycles. The molecule has 2 aliphatic rings. The van der Waals surface area contributed by atoms with Crippen molar-refractivity contribution in [2.24, 2.45) is 0 Å². The lowest BCUT2D eigenvalue weighted by atomic mass is 10.0. The second kappa shape index (κ2) is 4.93. The Hall–Kier alpha value is -1.27. The maximum atomic E-state index is 14.0. The van der Waals surface area contributed by atoms with Crippen LogP contribution in [0.25, 0.3) is 0 Å². The Morgan fingerprint density at radius 2 is 2.00 bits per heavy atom. The van der Waals surface area contributed by atoms with E-state index in [0.29, 0.717) is 13.0 Å². The Balaban J connectivity index is 2.04. The lowest BCUT2D eigenvalue weighted by molar-refractivity contribution is -0.120. The first kappa shape index (κ1) is 13.7. The fourth-order valence-electron chi connectivity index (χ4n) is 2.69. The summed E-state index contributed by atoms with van der Waals surface area (Å²) in [5, 5.41) is -0.0816. The number of amides is 1. The van der Waals surface area contributed by atoms with Gasteiger partial charge in [0.1, 0.15) is 17.7 Å². The van der Waals surface area contributed by atoms with Crippen LogP contribution in [-0.4, -0.2) is 28.5 Å². The van der Waals surface area contributed by atoms with Crippen molar-refractivity contribution in [3.05, 3.63) is 28.8 Å². The second-order valence-electron chi connectivity index (χ2n) is 4.88. The molecule has 106 valence electrons. The predicted molar refractivity (Wildman–Crippen MR) is 75.8 cm³/mol. The number of thiocarbonyl (C=S) groups is 1. The van der Waals surface area contributed by atoms with Gasteiger partial charge in [0.25, 0.3) is 5.91 Å². The van der Waals surface area contributed by atoms with E-state index in [0.717, 1.165) is 29.9 Å². The summed E-state index contributed by atoms with van der Waals surface area (Å²) in [7, 11) is 0. The fraction of sp³-hybridized carbons (Fsp3) is 0.385. The van der Waals surface area contributed by atoms with Crippen LogP contribution in [0.2, 0.25) is 5.02 Å². The van der Waals surface area contributed by atoms with Crippen molar-refractivity contribution in [3.63, 3.8) is 0 Å². The molecule has 0 radical (unpaired) electrons. The number of benzene rings is 1. The van der Waals surface area contributed by atoms with Gasteiger partial charge in [-0.2, -0.15) is 0 Å². The van der Waals surface area contributed by atoms with Crippen LogP contribution in [0.15, 0.2) is 12.1 Å². The lowest BCUT2D eigenvalue weighted by Crippen LogP contribution is -2.38. The molecule has 3 nitrogen and oxygen atoms in total. The number of anilines is 1. The van der Waals surface area contributed by atoms with Crippen LogP contribution in [0, 0.1) is 11.6 Å². The highest BCUT2D eigenvalue weighted by molar-refractivity contribution is 7.80. The molecular formula is C13H11ClF2N2OS. The number of hydrogen-bond donors (Lipinski definition) is 0. The summed E-state index contributed by atoms with van der Waals surface area (Å²) in [5.41, 5.74) is -0.170. The quantitative estimate of drug-likeness (QED) is 0.587. The van der Waals surface area contributed by atoms with Gasteiger partial charge < -0.3 is 4.90 Å². The third kappa shape index (κ3) is 1.98. The van der Waals surface area contributed by atoms with E-state index in [2.05, 4.69) is 0 Å². The summed E-state index contributed by atoms with van der Waals surface area (Å²) >= 11 is 10.8. The summed E-state index contributed by atoms with van der Waals surface area (Å²) < 4.78 is 27.5. The average molecular weight is 317 g/mol. The Labute approximate surface area is 125 Å². The molecule has 7 heteroatoms. The molecule has 0 saturated carbocycles. The molecule has 1 unspecified atom stereocenters. The molecule has 1 amide bonds. The predicted octanol–water partition coefficient (Wildman–Crippen LogP) is 3.10. The van der Waals surface area contributed by atoms with E-state index in [1.54, 1.807) is 4.90 Å². The molecule has 3 rings (SSSR count). The van der Waals surface area contributed by atoms with E-state index in [1.165, 1.54) is 0 Å². The van der Waals surface area contributed by atoms with Gasteiger partial charge in [-0.3, -0.25) is 9.69 Å². The number of hydrogen-bond acceptors (Lipinski definition) is 2. The molecule has 2 aliphatic heterocycles. The molecule has 1 aromatic carbocycles. The summed E-state index contributed by atoms with van der Waals surface area (Å²) in [4.78, 5) is 15.2. The minimum atomic E-state index is -0.775. The van der Waals surface area contributed by atoms with Crippen molar-refractivity contribution in [3.8, 4) is 0 Å². The van der Waals surface area contributed by atoms with Gasteiger partial charge in [-0.05, 0) is 37.5 Å².